The summed E-state index contributed by atoms with van der Waals surface area (Å²) in [4.78, 5) is 8.55. The van der Waals surface area contributed by atoms with E-state index in [1.165, 1.54) is 22.7 Å². The minimum absolute atomic E-state index is 0.517. The number of nitrogens with zero attached hydrogens (tertiary/aromatic N) is 2. The largest absolute Gasteiger partial charge is 0.348 e. The molecule has 1 rings (SSSR count). The van der Waals surface area contributed by atoms with E-state index in [-0.39, 0.29) is 0 Å². The van der Waals surface area contributed by atoms with Crippen molar-refractivity contribution in [3.63, 3.8) is 0 Å². The summed E-state index contributed by atoms with van der Waals surface area (Å²) in [6, 6.07) is 1.06. The third-order valence-corrected chi connectivity index (χ3v) is 5.31. The van der Waals surface area contributed by atoms with E-state index < -0.39 is 0 Å². The third kappa shape index (κ3) is 5.26. The molecule has 1 atom stereocenters. The highest BCUT2D eigenvalue weighted by molar-refractivity contribution is 7.98. The number of aromatic nitrogens is 1. The first-order chi connectivity index (χ1) is 9.49. The molecule has 0 radical (unpaired) electrons. The van der Waals surface area contributed by atoms with Crippen LogP contribution in [0.25, 0.3) is 0 Å². The smallest absolute Gasteiger partial charge is 0.185 e. The van der Waals surface area contributed by atoms with Crippen LogP contribution in [0.2, 0.25) is 0 Å². The Morgan fingerprint density at radius 1 is 1.35 bits per heavy atom. The first-order valence-corrected chi connectivity index (χ1v) is 9.64. The summed E-state index contributed by atoms with van der Waals surface area (Å²) >= 11 is 3.75. The van der Waals surface area contributed by atoms with E-state index in [1.54, 1.807) is 0 Å². The quantitative estimate of drug-likeness (QED) is 0.750. The summed E-state index contributed by atoms with van der Waals surface area (Å²) in [6.07, 6.45) is 4.39. The van der Waals surface area contributed by atoms with Crippen LogP contribution in [0.1, 0.15) is 44.7 Å². The fourth-order valence-corrected chi connectivity index (χ4v) is 3.64. The Kier molecular flexibility index (Phi) is 7.92. The molecule has 0 aromatic carbocycles. The number of aryl methyl sites for hydroxylation is 1. The van der Waals surface area contributed by atoms with Gasteiger partial charge in [-0.05, 0) is 31.8 Å². The van der Waals surface area contributed by atoms with E-state index in [2.05, 4.69) is 51.2 Å². The molecule has 1 aromatic rings. The lowest BCUT2D eigenvalue weighted by Crippen LogP contribution is -2.29. The molecule has 0 saturated heterocycles. The monoisotopic (exact) mass is 315 g/mol. The second-order valence-electron chi connectivity index (χ2n) is 5.50. The Hall–Kier alpha value is -0.260. The van der Waals surface area contributed by atoms with E-state index in [1.807, 2.05) is 23.1 Å². The van der Waals surface area contributed by atoms with Crippen molar-refractivity contribution in [1.29, 1.82) is 0 Å². The average molecular weight is 316 g/mol. The summed E-state index contributed by atoms with van der Waals surface area (Å²) in [6.45, 7) is 9.78. The van der Waals surface area contributed by atoms with Crippen molar-refractivity contribution in [3.05, 3.63) is 10.6 Å². The van der Waals surface area contributed by atoms with Crippen LogP contribution in [0.15, 0.2) is 0 Å². The molecule has 0 aliphatic carbocycles. The van der Waals surface area contributed by atoms with Crippen LogP contribution in [-0.2, 0) is 13.0 Å². The topological polar surface area (TPSA) is 28.2 Å². The van der Waals surface area contributed by atoms with Gasteiger partial charge in [-0.1, -0.05) is 20.8 Å². The van der Waals surface area contributed by atoms with Crippen molar-refractivity contribution in [2.45, 2.75) is 59.2 Å². The summed E-state index contributed by atoms with van der Waals surface area (Å²) in [7, 11) is 2.17. The zero-order valence-corrected chi connectivity index (χ0v) is 15.3. The molecule has 5 heteroatoms. The highest BCUT2D eigenvalue weighted by atomic mass is 32.2. The van der Waals surface area contributed by atoms with Gasteiger partial charge in [-0.15, -0.1) is 11.3 Å². The van der Waals surface area contributed by atoms with Crippen LogP contribution in [0.3, 0.4) is 0 Å². The highest BCUT2D eigenvalue weighted by Crippen LogP contribution is 2.28. The molecule has 116 valence electrons. The van der Waals surface area contributed by atoms with E-state index in [9.17, 15) is 0 Å². The van der Waals surface area contributed by atoms with Gasteiger partial charge in [0, 0.05) is 30.6 Å². The number of anilines is 1. The maximum absolute atomic E-state index is 4.83. The second kappa shape index (κ2) is 8.90. The lowest BCUT2D eigenvalue weighted by atomic mass is 10.2. The molecule has 0 aliphatic heterocycles. The van der Waals surface area contributed by atoms with Gasteiger partial charge in [0.1, 0.15) is 0 Å². The first kappa shape index (κ1) is 17.8. The fourth-order valence-electron chi connectivity index (χ4n) is 1.90. The molecule has 1 unspecified atom stereocenters. The minimum Gasteiger partial charge on any atom is -0.348 e. The highest BCUT2D eigenvalue weighted by Gasteiger charge is 2.16. The SMILES string of the molecule is CCc1nc(N(C)C(C)CCSC)sc1CNC(C)C. The predicted molar refractivity (Wildman–Crippen MR) is 94.3 cm³/mol. The third-order valence-electron chi connectivity index (χ3n) is 3.48. The van der Waals surface area contributed by atoms with Gasteiger partial charge < -0.3 is 10.2 Å². The predicted octanol–water partition coefficient (Wildman–Crippen LogP) is 3.78. The van der Waals surface area contributed by atoms with Gasteiger partial charge in [0.2, 0.25) is 0 Å². The lowest BCUT2D eigenvalue weighted by Gasteiger charge is -2.23. The molecule has 0 bridgehead atoms. The molecule has 0 fully saturated rings. The van der Waals surface area contributed by atoms with Crippen molar-refractivity contribution in [3.8, 4) is 0 Å². The molecule has 0 spiro atoms. The number of rotatable bonds is 9. The van der Waals surface area contributed by atoms with Crippen LogP contribution in [0, 0.1) is 0 Å². The number of hydrogen-bond donors (Lipinski definition) is 1. The van der Waals surface area contributed by atoms with Gasteiger partial charge in [-0.3, -0.25) is 0 Å². The van der Waals surface area contributed by atoms with E-state index in [0.29, 0.717) is 12.1 Å². The van der Waals surface area contributed by atoms with Crippen molar-refractivity contribution in [1.82, 2.24) is 10.3 Å². The van der Waals surface area contributed by atoms with Crippen LogP contribution < -0.4 is 10.2 Å². The lowest BCUT2D eigenvalue weighted by molar-refractivity contribution is 0.590. The second-order valence-corrected chi connectivity index (χ2v) is 7.54. The molecule has 0 aliphatic rings. The molecule has 3 nitrogen and oxygen atoms in total. The maximum Gasteiger partial charge on any atom is 0.185 e. The number of nitrogens with one attached hydrogen (secondary N) is 1. The molecule has 20 heavy (non-hydrogen) atoms. The molecule has 1 N–H and O–H groups in total. The number of thiazole rings is 1. The number of hydrogen-bond acceptors (Lipinski definition) is 5. The van der Waals surface area contributed by atoms with Crippen LogP contribution >= 0.6 is 23.1 Å². The fraction of sp³-hybridized carbons (Fsp3) is 0.800. The summed E-state index contributed by atoms with van der Waals surface area (Å²) < 4.78 is 0. The Labute approximate surface area is 132 Å². The first-order valence-electron chi connectivity index (χ1n) is 7.43. The Morgan fingerprint density at radius 2 is 2.05 bits per heavy atom. The minimum atomic E-state index is 0.517. The van der Waals surface area contributed by atoms with Crippen molar-refractivity contribution in [2.75, 3.05) is 24.0 Å². The maximum atomic E-state index is 4.83. The normalized spacial score (nSPS) is 12.9. The van der Waals surface area contributed by atoms with Crippen molar-refractivity contribution >= 4 is 28.2 Å². The summed E-state index contributed by atoms with van der Waals surface area (Å²) in [5.41, 5.74) is 1.25. The molecule has 0 saturated carbocycles. The summed E-state index contributed by atoms with van der Waals surface area (Å²) in [5.74, 6) is 1.21. The van der Waals surface area contributed by atoms with Crippen LogP contribution in [0.4, 0.5) is 5.13 Å². The van der Waals surface area contributed by atoms with Gasteiger partial charge in [0.15, 0.2) is 5.13 Å². The molecule has 1 heterocycles. The summed E-state index contributed by atoms with van der Waals surface area (Å²) in [5, 5.41) is 4.66. The van der Waals surface area contributed by atoms with Gasteiger partial charge in [-0.25, -0.2) is 4.98 Å². The van der Waals surface area contributed by atoms with Gasteiger partial charge in [-0.2, -0.15) is 11.8 Å². The van der Waals surface area contributed by atoms with E-state index >= 15 is 0 Å². The van der Waals surface area contributed by atoms with Crippen LogP contribution in [-0.4, -0.2) is 36.1 Å². The Balaban J connectivity index is 2.74. The Bertz CT molecular complexity index is 390. The van der Waals surface area contributed by atoms with Gasteiger partial charge >= 0.3 is 0 Å². The van der Waals surface area contributed by atoms with Gasteiger partial charge in [0.25, 0.3) is 0 Å². The van der Waals surface area contributed by atoms with Crippen molar-refractivity contribution in [2.24, 2.45) is 0 Å². The molecule has 0 amide bonds. The van der Waals surface area contributed by atoms with E-state index in [4.69, 9.17) is 4.98 Å². The standard InChI is InChI=1S/C15H29N3S2/c1-7-13-14(10-16-11(2)3)20-15(17-13)18(5)12(4)8-9-19-6/h11-12,16H,7-10H2,1-6H3. The molecular weight excluding hydrogens is 286 g/mol. The van der Waals surface area contributed by atoms with Gasteiger partial charge in [0.05, 0.1) is 5.69 Å². The zero-order valence-electron chi connectivity index (χ0n) is 13.7. The molecule has 1 aromatic heterocycles. The van der Waals surface area contributed by atoms with Crippen LogP contribution in [0.5, 0.6) is 0 Å². The number of thioether (sulfide) groups is 1. The van der Waals surface area contributed by atoms with E-state index in [0.717, 1.165) is 18.1 Å². The average Bonchev–Trinajstić information content (AvgIpc) is 2.84. The van der Waals surface area contributed by atoms with Crippen molar-refractivity contribution < 1.29 is 0 Å². The zero-order chi connectivity index (χ0) is 15.1. The Morgan fingerprint density at radius 3 is 2.60 bits per heavy atom. The molecular formula is C15H29N3S2.